The Morgan fingerprint density at radius 1 is 1.47 bits per heavy atom. The molecular weight excluding hydrogens is 238 g/mol. The van der Waals surface area contributed by atoms with E-state index >= 15 is 0 Å². The standard InChI is InChI=1S/C15H25N3O/c1-5-7-12(16)15(19)18-13(10(2)3)14-11(4)8-6-9-17-14/h6,8-10,12-13H,5,7,16H2,1-4H3,(H,18,19). The van der Waals surface area contributed by atoms with Crippen LogP contribution < -0.4 is 11.1 Å². The first kappa shape index (κ1) is 15.6. The van der Waals surface area contributed by atoms with Crippen LogP contribution in [-0.2, 0) is 4.79 Å². The summed E-state index contributed by atoms with van der Waals surface area (Å²) in [6, 6.07) is 3.39. The fraction of sp³-hybridized carbons (Fsp3) is 0.600. The third-order valence-corrected chi connectivity index (χ3v) is 3.25. The van der Waals surface area contributed by atoms with Gasteiger partial charge in [0.1, 0.15) is 0 Å². The Hall–Kier alpha value is -1.42. The van der Waals surface area contributed by atoms with E-state index in [-0.39, 0.29) is 17.9 Å². The summed E-state index contributed by atoms with van der Waals surface area (Å²) < 4.78 is 0. The van der Waals surface area contributed by atoms with Gasteiger partial charge in [-0.25, -0.2) is 0 Å². The van der Waals surface area contributed by atoms with Crippen molar-refractivity contribution in [1.82, 2.24) is 10.3 Å². The van der Waals surface area contributed by atoms with E-state index in [4.69, 9.17) is 5.73 Å². The van der Waals surface area contributed by atoms with Crippen molar-refractivity contribution in [2.24, 2.45) is 11.7 Å². The number of nitrogens with two attached hydrogens (primary N) is 1. The predicted molar refractivity (Wildman–Crippen MR) is 77.6 cm³/mol. The number of amides is 1. The molecule has 19 heavy (non-hydrogen) atoms. The van der Waals surface area contributed by atoms with Gasteiger partial charge in [-0.15, -0.1) is 0 Å². The number of aryl methyl sites for hydroxylation is 1. The topological polar surface area (TPSA) is 68.0 Å². The highest BCUT2D eigenvalue weighted by Gasteiger charge is 2.23. The molecule has 2 unspecified atom stereocenters. The lowest BCUT2D eigenvalue weighted by Crippen LogP contribution is -2.43. The molecule has 1 amide bonds. The third kappa shape index (κ3) is 4.31. The van der Waals surface area contributed by atoms with Crippen LogP contribution in [0.5, 0.6) is 0 Å². The highest BCUT2D eigenvalue weighted by Crippen LogP contribution is 2.22. The molecule has 1 rings (SSSR count). The summed E-state index contributed by atoms with van der Waals surface area (Å²) >= 11 is 0. The van der Waals surface area contributed by atoms with Crippen LogP contribution in [0, 0.1) is 12.8 Å². The number of nitrogens with one attached hydrogen (secondary N) is 1. The average Bonchev–Trinajstić information content (AvgIpc) is 2.36. The van der Waals surface area contributed by atoms with Gasteiger partial charge in [-0.05, 0) is 30.9 Å². The highest BCUT2D eigenvalue weighted by molar-refractivity contribution is 5.81. The van der Waals surface area contributed by atoms with E-state index < -0.39 is 6.04 Å². The van der Waals surface area contributed by atoms with Gasteiger partial charge in [0.25, 0.3) is 0 Å². The maximum atomic E-state index is 12.1. The summed E-state index contributed by atoms with van der Waals surface area (Å²) in [5.41, 5.74) is 7.87. The molecule has 0 saturated carbocycles. The molecule has 0 aromatic carbocycles. The van der Waals surface area contributed by atoms with Crippen LogP contribution in [0.1, 0.15) is 50.9 Å². The van der Waals surface area contributed by atoms with Crippen molar-refractivity contribution in [3.8, 4) is 0 Å². The van der Waals surface area contributed by atoms with Crippen molar-refractivity contribution in [3.05, 3.63) is 29.6 Å². The van der Waals surface area contributed by atoms with E-state index in [2.05, 4.69) is 24.1 Å². The molecule has 0 aliphatic rings. The summed E-state index contributed by atoms with van der Waals surface area (Å²) in [6.07, 6.45) is 3.37. The Balaban J connectivity index is 2.86. The zero-order valence-electron chi connectivity index (χ0n) is 12.3. The first-order chi connectivity index (χ1) is 8.97. The number of aromatic nitrogens is 1. The molecule has 3 N–H and O–H groups in total. The van der Waals surface area contributed by atoms with E-state index in [1.54, 1.807) is 6.20 Å². The van der Waals surface area contributed by atoms with Crippen LogP contribution in [-0.4, -0.2) is 16.9 Å². The molecule has 2 atom stereocenters. The maximum Gasteiger partial charge on any atom is 0.237 e. The van der Waals surface area contributed by atoms with E-state index in [1.165, 1.54) is 0 Å². The SMILES string of the molecule is CCCC(N)C(=O)NC(c1ncccc1C)C(C)C. The number of rotatable bonds is 6. The number of carbonyl (C=O) groups is 1. The number of pyridine rings is 1. The summed E-state index contributed by atoms with van der Waals surface area (Å²) in [5.74, 6) is 0.178. The maximum absolute atomic E-state index is 12.1. The van der Waals surface area contributed by atoms with Gasteiger partial charge in [-0.2, -0.15) is 0 Å². The second-order valence-electron chi connectivity index (χ2n) is 5.33. The van der Waals surface area contributed by atoms with Crippen LogP contribution in [0.15, 0.2) is 18.3 Å². The van der Waals surface area contributed by atoms with Crippen molar-refractivity contribution in [3.63, 3.8) is 0 Å². The second kappa shape index (κ2) is 7.24. The average molecular weight is 263 g/mol. The lowest BCUT2D eigenvalue weighted by atomic mass is 9.96. The molecule has 0 radical (unpaired) electrons. The molecule has 1 heterocycles. The largest absolute Gasteiger partial charge is 0.346 e. The van der Waals surface area contributed by atoms with Gasteiger partial charge in [0.2, 0.25) is 5.91 Å². The first-order valence-electron chi connectivity index (χ1n) is 6.94. The van der Waals surface area contributed by atoms with Gasteiger partial charge in [0, 0.05) is 6.20 Å². The minimum Gasteiger partial charge on any atom is -0.346 e. The van der Waals surface area contributed by atoms with E-state index in [1.807, 2.05) is 26.0 Å². The van der Waals surface area contributed by atoms with Crippen molar-refractivity contribution in [2.75, 3.05) is 0 Å². The van der Waals surface area contributed by atoms with Gasteiger partial charge in [-0.3, -0.25) is 9.78 Å². The molecule has 106 valence electrons. The van der Waals surface area contributed by atoms with Gasteiger partial charge < -0.3 is 11.1 Å². The van der Waals surface area contributed by atoms with Crippen LogP contribution >= 0.6 is 0 Å². The van der Waals surface area contributed by atoms with Crippen LogP contribution in [0.4, 0.5) is 0 Å². The van der Waals surface area contributed by atoms with Crippen molar-refractivity contribution in [1.29, 1.82) is 0 Å². The van der Waals surface area contributed by atoms with Crippen molar-refractivity contribution >= 4 is 5.91 Å². The highest BCUT2D eigenvalue weighted by atomic mass is 16.2. The fourth-order valence-electron chi connectivity index (χ4n) is 2.08. The van der Waals surface area contributed by atoms with E-state index in [9.17, 15) is 4.79 Å². The number of nitrogens with zero attached hydrogens (tertiary/aromatic N) is 1. The first-order valence-corrected chi connectivity index (χ1v) is 6.94. The molecule has 1 aromatic heterocycles. The smallest absolute Gasteiger partial charge is 0.237 e. The molecule has 0 fully saturated rings. The summed E-state index contributed by atoms with van der Waals surface area (Å²) in [4.78, 5) is 16.5. The molecule has 0 spiro atoms. The lowest BCUT2D eigenvalue weighted by molar-refractivity contribution is -0.123. The molecule has 0 bridgehead atoms. The molecular formula is C15H25N3O. The van der Waals surface area contributed by atoms with E-state index in [0.717, 1.165) is 17.7 Å². The number of hydrogen-bond donors (Lipinski definition) is 2. The third-order valence-electron chi connectivity index (χ3n) is 3.25. The summed E-state index contributed by atoms with van der Waals surface area (Å²) in [6.45, 7) is 8.18. The van der Waals surface area contributed by atoms with Gasteiger partial charge in [0.05, 0.1) is 17.8 Å². The summed E-state index contributed by atoms with van der Waals surface area (Å²) in [5, 5.41) is 3.03. The van der Waals surface area contributed by atoms with Crippen LogP contribution in [0.2, 0.25) is 0 Å². The van der Waals surface area contributed by atoms with E-state index in [0.29, 0.717) is 6.42 Å². The van der Waals surface area contributed by atoms with Gasteiger partial charge >= 0.3 is 0 Å². The molecule has 1 aromatic rings. The molecule has 0 aliphatic carbocycles. The number of hydrogen-bond acceptors (Lipinski definition) is 3. The quantitative estimate of drug-likeness (QED) is 0.827. The molecule has 4 nitrogen and oxygen atoms in total. The monoisotopic (exact) mass is 263 g/mol. The normalized spacial score (nSPS) is 14.2. The summed E-state index contributed by atoms with van der Waals surface area (Å²) in [7, 11) is 0. The molecule has 0 aliphatic heterocycles. The number of carbonyl (C=O) groups excluding carboxylic acids is 1. The molecule has 4 heteroatoms. The Labute approximate surface area is 115 Å². The van der Waals surface area contributed by atoms with Gasteiger partial charge in [-0.1, -0.05) is 33.3 Å². The van der Waals surface area contributed by atoms with Crippen molar-refractivity contribution < 1.29 is 4.79 Å². The van der Waals surface area contributed by atoms with Crippen molar-refractivity contribution in [2.45, 2.75) is 52.6 Å². The van der Waals surface area contributed by atoms with Crippen LogP contribution in [0.25, 0.3) is 0 Å². The lowest BCUT2D eigenvalue weighted by Gasteiger charge is -2.25. The predicted octanol–water partition coefficient (Wildman–Crippen LogP) is 2.33. The Morgan fingerprint density at radius 3 is 2.68 bits per heavy atom. The Morgan fingerprint density at radius 2 is 2.16 bits per heavy atom. The Bertz CT molecular complexity index is 418. The Kier molecular flexibility index (Phi) is 5.96. The van der Waals surface area contributed by atoms with Crippen LogP contribution in [0.3, 0.4) is 0 Å². The molecule has 0 saturated heterocycles. The zero-order valence-corrected chi connectivity index (χ0v) is 12.3. The zero-order chi connectivity index (χ0) is 14.4. The second-order valence-corrected chi connectivity index (χ2v) is 5.33. The fourth-order valence-corrected chi connectivity index (χ4v) is 2.08. The van der Waals surface area contributed by atoms with Gasteiger partial charge in [0.15, 0.2) is 0 Å². The minimum absolute atomic E-state index is 0.0865. The minimum atomic E-state index is -0.435.